The van der Waals surface area contributed by atoms with Gasteiger partial charge < -0.3 is 20.2 Å². The molecule has 19 heavy (non-hydrogen) atoms. The largest absolute Gasteiger partial charge is 0.353 e. The van der Waals surface area contributed by atoms with Crippen molar-refractivity contribution in [1.29, 1.82) is 5.41 Å². The fourth-order valence-electron chi connectivity index (χ4n) is 2.59. The normalized spacial score (nSPS) is 17.3. The standard InChI is InChI=1S/C13H13N5O/c14-8-2-3-9-10(6-8)18-7-11(19)16-13(18)12(15-9)17-4-1-5-17/h2-3,6,14H,1,4-5,7H2,(H,16,19). The van der Waals surface area contributed by atoms with Crippen LogP contribution in [0, 0.1) is 5.41 Å². The van der Waals surface area contributed by atoms with E-state index in [1.54, 1.807) is 12.1 Å². The van der Waals surface area contributed by atoms with E-state index >= 15 is 0 Å². The van der Waals surface area contributed by atoms with Crippen molar-refractivity contribution in [2.24, 2.45) is 0 Å². The zero-order valence-corrected chi connectivity index (χ0v) is 10.3. The first-order chi connectivity index (χ1) is 9.22. The van der Waals surface area contributed by atoms with E-state index in [0.717, 1.165) is 36.1 Å². The highest BCUT2D eigenvalue weighted by Crippen LogP contribution is 2.35. The molecular formula is C13H13N5O. The maximum atomic E-state index is 11.7. The number of fused-ring (bicyclic) bond motifs is 3. The van der Waals surface area contributed by atoms with Crippen molar-refractivity contribution >= 4 is 17.5 Å². The first kappa shape index (κ1) is 10.5. The number of anilines is 2. The molecule has 1 fully saturated rings. The Balaban J connectivity index is 2.02. The minimum absolute atomic E-state index is 0.0218. The summed E-state index contributed by atoms with van der Waals surface area (Å²) in [6.45, 7) is 2.27. The number of amides is 1. The topological polar surface area (TPSA) is 74.0 Å². The summed E-state index contributed by atoms with van der Waals surface area (Å²) in [6.07, 6.45) is 1.17. The molecule has 0 aromatic rings. The number of hydrogen-bond donors (Lipinski definition) is 2. The van der Waals surface area contributed by atoms with Crippen molar-refractivity contribution in [3.05, 3.63) is 23.6 Å². The smallest absolute Gasteiger partial charge is 0.245 e. The van der Waals surface area contributed by atoms with Crippen LogP contribution in [0.4, 0.5) is 11.6 Å². The number of rotatable bonds is 1. The number of aromatic nitrogens is 2. The van der Waals surface area contributed by atoms with E-state index in [1.165, 1.54) is 6.42 Å². The lowest BCUT2D eigenvalue weighted by Crippen LogP contribution is -2.38. The maximum absolute atomic E-state index is 11.7. The van der Waals surface area contributed by atoms with Crippen LogP contribution >= 0.6 is 0 Å². The number of nitrogens with zero attached hydrogens (tertiary/aromatic N) is 3. The zero-order chi connectivity index (χ0) is 13.0. The summed E-state index contributed by atoms with van der Waals surface area (Å²) >= 11 is 0. The first-order valence-corrected chi connectivity index (χ1v) is 6.36. The summed E-state index contributed by atoms with van der Waals surface area (Å²) in [7, 11) is 0. The van der Waals surface area contributed by atoms with Crippen LogP contribution in [0.3, 0.4) is 0 Å². The van der Waals surface area contributed by atoms with Crippen LogP contribution in [0.5, 0.6) is 0 Å². The third kappa shape index (κ3) is 1.46. The van der Waals surface area contributed by atoms with Gasteiger partial charge in [0.2, 0.25) is 5.91 Å². The minimum Gasteiger partial charge on any atom is -0.353 e. The highest BCUT2D eigenvalue weighted by molar-refractivity contribution is 5.98. The number of benzene rings is 1. The van der Waals surface area contributed by atoms with Crippen molar-refractivity contribution in [1.82, 2.24) is 9.55 Å². The minimum atomic E-state index is -0.0218. The van der Waals surface area contributed by atoms with Gasteiger partial charge in [-0.25, -0.2) is 4.98 Å². The van der Waals surface area contributed by atoms with E-state index in [2.05, 4.69) is 15.2 Å². The molecular weight excluding hydrogens is 242 g/mol. The first-order valence-electron chi connectivity index (χ1n) is 6.36. The molecule has 3 aliphatic heterocycles. The molecule has 0 radical (unpaired) electrons. The fraction of sp³-hybridized carbons (Fsp3) is 0.308. The Bertz CT molecular complexity index is 716. The van der Waals surface area contributed by atoms with Gasteiger partial charge in [0.05, 0.1) is 16.7 Å². The molecule has 4 aliphatic rings. The SMILES string of the molecule is N=c1ccc2nc(N3CCC3)c3n(c-2c1)CC(=O)N3. The van der Waals surface area contributed by atoms with Crippen LogP contribution < -0.4 is 15.6 Å². The molecule has 96 valence electrons. The molecule has 1 amide bonds. The molecule has 2 N–H and O–H groups in total. The second kappa shape index (κ2) is 3.57. The molecule has 3 heterocycles. The van der Waals surface area contributed by atoms with Gasteiger partial charge in [0, 0.05) is 13.1 Å². The molecule has 0 aromatic carbocycles. The van der Waals surface area contributed by atoms with E-state index in [9.17, 15) is 4.79 Å². The van der Waals surface area contributed by atoms with Gasteiger partial charge in [-0.3, -0.25) is 4.79 Å². The Morgan fingerprint density at radius 1 is 1.32 bits per heavy atom. The molecule has 0 atom stereocenters. The quantitative estimate of drug-likeness (QED) is 0.785. The van der Waals surface area contributed by atoms with Crippen LogP contribution in [0.1, 0.15) is 6.42 Å². The third-order valence-corrected chi connectivity index (χ3v) is 3.69. The van der Waals surface area contributed by atoms with Crippen LogP contribution in [0.15, 0.2) is 18.2 Å². The van der Waals surface area contributed by atoms with Gasteiger partial charge in [-0.15, -0.1) is 0 Å². The fourth-order valence-corrected chi connectivity index (χ4v) is 2.59. The van der Waals surface area contributed by atoms with Gasteiger partial charge in [-0.1, -0.05) is 0 Å². The maximum Gasteiger partial charge on any atom is 0.245 e. The molecule has 0 spiro atoms. The monoisotopic (exact) mass is 255 g/mol. The van der Waals surface area contributed by atoms with Crippen molar-refractivity contribution in [2.45, 2.75) is 13.0 Å². The second-order valence-corrected chi connectivity index (χ2v) is 4.96. The highest BCUT2D eigenvalue weighted by atomic mass is 16.2. The summed E-state index contributed by atoms with van der Waals surface area (Å²) in [5, 5.41) is 11.0. The third-order valence-electron chi connectivity index (χ3n) is 3.69. The van der Waals surface area contributed by atoms with Crippen LogP contribution in [-0.2, 0) is 11.3 Å². The molecule has 1 saturated heterocycles. The highest BCUT2D eigenvalue weighted by Gasteiger charge is 2.29. The van der Waals surface area contributed by atoms with E-state index in [4.69, 9.17) is 5.41 Å². The van der Waals surface area contributed by atoms with Gasteiger partial charge in [-0.2, -0.15) is 0 Å². The van der Waals surface area contributed by atoms with Crippen LogP contribution in [0.2, 0.25) is 0 Å². The number of hydrogen-bond acceptors (Lipinski definition) is 4. The van der Waals surface area contributed by atoms with Crippen LogP contribution in [-0.4, -0.2) is 28.5 Å². The van der Waals surface area contributed by atoms with Crippen molar-refractivity contribution in [2.75, 3.05) is 23.3 Å². The molecule has 4 rings (SSSR count). The number of carbonyl (C=O) groups excluding carboxylic acids is 1. The van der Waals surface area contributed by atoms with E-state index in [1.807, 2.05) is 10.6 Å². The van der Waals surface area contributed by atoms with Gasteiger partial charge in [0.15, 0.2) is 11.6 Å². The molecule has 6 nitrogen and oxygen atoms in total. The molecule has 1 aliphatic carbocycles. The average Bonchev–Trinajstić information content (AvgIpc) is 2.70. The Morgan fingerprint density at radius 3 is 2.89 bits per heavy atom. The second-order valence-electron chi connectivity index (χ2n) is 4.96. The Labute approximate surface area is 109 Å². The number of nitrogens with one attached hydrogen (secondary N) is 2. The van der Waals surface area contributed by atoms with Crippen molar-refractivity contribution in [3.63, 3.8) is 0 Å². The van der Waals surface area contributed by atoms with E-state index < -0.39 is 0 Å². The summed E-state index contributed by atoms with van der Waals surface area (Å²) in [5.74, 6) is 1.59. The average molecular weight is 255 g/mol. The van der Waals surface area contributed by atoms with Crippen molar-refractivity contribution < 1.29 is 4.79 Å². The summed E-state index contributed by atoms with van der Waals surface area (Å²) < 4.78 is 1.93. The lowest BCUT2D eigenvalue weighted by atomic mass is 10.2. The lowest BCUT2D eigenvalue weighted by molar-refractivity contribution is -0.115. The van der Waals surface area contributed by atoms with Gasteiger partial charge >= 0.3 is 0 Å². The molecule has 6 heteroatoms. The zero-order valence-electron chi connectivity index (χ0n) is 10.3. The Kier molecular flexibility index (Phi) is 1.98. The predicted octanol–water partition coefficient (Wildman–Crippen LogP) is 0.630. The molecule has 0 aromatic heterocycles. The number of carbonyl (C=O) groups is 1. The van der Waals surface area contributed by atoms with Crippen molar-refractivity contribution in [3.8, 4) is 11.4 Å². The van der Waals surface area contributed by atoms with E-state index in [0.29, 0.717) is 11.9 Å². The predicted molar refractivity (Wildman–Crippen MR) is 70.2 cm³/mol. The molecule has 0 bridgehead atoms. The van der Waals surface area contributed by atoms with E-state index in [-0.39, 0.29) is 5.91 Å². The Morgan fingerprint density at radius 2 is 2.16 bits per heavy atom. The summed E-state index contributed by atoms with van der Waals surface area (Å²) in [6, 6.07) is 5.33. The summed E-state index contributed by atoms with van der Waals surface area (Å²) in [4.78, 5) is 18.5. The lowest BCUT2D eigenvalue weighted by Gasteiger charge is -2.34. The Hall–Kier alpha value is -2.37. The molecule has 0 saturated carbocycles. The van der Waals surface area contributed by atoms with Gasteiger partial charge in [0.1, 0.15) is 6.54 Å². The van der Waals surface area contributed by atoms with Gasteiger partial charge in [-0.05, 0) is 24.6 Å². The van der Waals surface area contributed by atoms with Gasteiger partial charge in [0.25, 0.3) is 0 Å². The molecule has 0 unspecified atom stereocenters. The van der Waals surface area contributed by atoms with Crippen LogP contribution in [0.25, 0.3) is 11.4 Å². The summed E-state index contributed by atoms with van der Waals surface area (Å²) in [5.41, 5.74) is 1.67.